The van der Waals surface area contributed by atoms with Crippen molar-refractivity contribution in [3.8, 4) is 5.88 Å². The molecule has 2 N–H and O–H groups in total. The van der Waals surface area contributed by atoms with Gasteiger partial charge in [-0.15, -0.1) is 6.58 Å². The highest BCUT2D eigenvalue weighted by molar-refractivity contribution is 5.20. The number of H-pyrrole nitrogens is 1. The van der Waals surface area contributed by atoms with Crippen molar-refractivity contribution in [3.63, 3.8) is 0 Å². The monoisotopic (exact) mass is 182 g/mol. The summed E-state index contributed by atoms with van der Waals surface area (Å²) in [4.78, 5) is 24.1. The van der Waals surface area contributed by atoms with E-state index in [2.05, 4.69) is 11.6 Å². The largest absolute Gasteiger partial charge is 0.494 e. The molecule has 0 spiro atoms. The maximum atomic E-state index is 11.1. The van der Waals surface area contributed by atoms with Crippen LogP contribution in [0, 0.1) is 6.92 Å². The van der Waals surface area contributed by atoms with Gasteiger partial charge in [-0.05, 0) is 6.92 Å². The van der Waals surface area contributed by atoms with Gasteiger partial charge in [0.05, 0.1) is 5.56 Å². The molecule has 0 aliphatic heterocycles. The molecule has 1 rings (SSSR count). The topological polar surface area (TPSA) is 75.1 Å². The van der Waals surface area contributed by atoms with E-state index in [0.717, 1.165) is 4.57 Å². The molecule has 13 heavy (non-hydrogen) atoms. The van der Waals surface area contributed by atoms with E-state index in [-0.39, 0.29) is 18.0 Å². The molecule has 5 nitrogen and oxygen atoms in total. The molecule has 1 aromatic heterocycles. The van der Waals surface area contributed by atoms with Gasteiger partial charge >= 0.3 is 5.69 Å². The fourth-order valence-electron chi connectivity index (χ4n) is 0.957. The Labute approximate surface area is 74.0 Å². The highest BCUT2D eigenvalue weighted by atomic mass is 16.3. The number of rotatable bonds is 2. The minimum Gasteiger partial charge on any atom is -0.494 e. The summed E-state index contributed by atoms with van der Waals surface area (Å²) in [6.07, 6.45) is 1.46. The SMILES string of the molecule is C=CCn1c(O)c(C)c(=O)[nH]c1=O. The minimum atomic E-state index is -0.631. The third kappa shape index (κ3) is 1.53. The molecule has 0 saturated heterocycles. The van der Waals surface area contributed by atoms with Crippen LogP contribution >= 0.6 is 0 Å². The van der Waals surface area contributed by atoms with Crippen LogP contribution in [0.15, 0.2) is 22.2 Å². The Kier molecular flexibility index (Phi) is 2.36. The van der Waals surface area contributed by atoms with Gasteiger partial charge in [-0.2, -0.15) is 0 Å². The summed E-state index contributed by atoms with van der Waals surface area (Å²) in [5.74, 6) is -0.311. The maximum Gasteiger partial charge on any atom is 0.331 e. The second kappa shape index (κ2) is 3.30. The molecule has 0 fully saturated rings. The van der Waals surface area contributed by atoms with Gasteiger partial charge in [0, 0.05) is 6.54 Å². The van der Waals surface area contributed by atoms with Crippen LogP contribution in [0.25, 0.3) is 0 Å². The smallest absolute Gasteiger partial charge is 0.331 e. The van der Waals surface area contributed by atoms with Gasteiger partial charge in [-0.25, -0.2) is 4.79 Å². The fourth-order valence-corrected chi connectivity index (χ4v) is 0.957. The molecule has 0 bridgehead atoms. The predicted molar refractivity (Wildman–Crippen MR) is 47.9 cm³/mol. The molecular formula is C8H10N2O3. The number of allylic oxidation sites excluding steroid dienone is 1. The molecule has 0 unspecified atom stereocenters. The van der Waals surface area contributed by atoms with E-state index in [1.165, 1.54) is 13.0 Å². The molecule has 1 aromatic rings. The van der Waals surface area contributed by atoms with Crippen molar-refractivity contribution in [1.29, 1.82) is 0 Å². The molecule has 1 heterocycles. The van der Waals surface area contributed by atoms with Crippen LogP contribution < -0.4 is 11.2 Å². The summed E-state index contributed by atoms with van der Waals surface area (Å²) in [7, 11) is 0. The lowest BCUT2D eigenvalue weighted by Crippen LogP contribution is -2.30. The van der Waals surface area contributed by atoms with Crippen molar-refractivity contribution in [2.45, 2.75) is 13.5 Å². The molecule has 0 radical (unpaired) electrons. The van der Waals surface area contributed by atoms with Crippen LogP contribution in [0.3, 0.4) is 0 Å². The third-order valence-corrected chi connectivity index (χ3v) is 1.71. The van der Waals surface area contributed by atoms with Crippen LogP contribution in [0.5, 0.6) is 5.88 Å². The predicted octanol–water partition coefficient (Wildman–Crippen LogP) is -0.263. The van der Waals surface area contributed by atoms with Gasteiger partial charge in [0.15, 0.2) is 0 Å². The minimum absolute atomic E-state index is 0.126. The lowest BCUT2D eigenvalue weighted by Gasteiger charge is -2.05. The zero-order chi connectivity index (χ0) is 10.0. The van der Waals surface area contributed by atoms with Gasteiger partial charge in [0.25, 0.3) is 5.56 Å². The first-order chi connectivity index (χ1) is 6.07. The second-order valence-corrected chi connectivity index (χ2v) is 2.61. The lowest BCUT2D eigenvalue weighted by molar-refractivity contribution is 0.406. The number of nitrogens with one attached hydrogen (secondary N) is 1. The maximum absolute atomic E-state index is 11.1. The number of hydrogen-bond acceptors (Lipinski definition) is 3. The van der Waals surface area contributed by atoms with E-state index in [1.807, 2.05) is 0 Å². The summed E-state index contributed by atoms with van der Waals surface area (Å²) in [5.41, 5.74) is -1.07. The Morgan fingerprint density at radius 1 is 1.62 bits per heavy atom. The summed E-state index contributed by atoms with van der Waals surface area (Å²) in [5, 5.41) is 9.39. The number of nitrogens with zero attached hydrogens (tertiary/aromatic N) is 1. The van der Waals surface area contributed by atoms with E-state index in [4.69, 9.17) is 0 Å². The Morgan fingerprint density at radius 2 is 2.23 bits per heavy atom. The molecule has 0 aliphatic carbocycles. The Morgan fingerprint density at radius 3 is 2.77 bits per heavy atom. The van der Waals surface area contributed by atoms with Gasteiger partial charge in [-0.3, -0.25) is 14.3 Å². The summed E-state index contributed by atoms with van der Waals surface area (Å²) in [6.45, 7) is 5.03. The molecular weight excluding hydrogens is 172 g/mol. The van der Waals surface area contributed by atoms with Crippen LogP contribution in [-0.4, -0.2) is 14.7 Å². The van der Waals surface area contributed by atoms with Gasteiger partial charge in [0.1, 0.15) is 0 Å². The second-order valence-electron chi connectivity index (χ2n) is 2.61. The molecule has 70 valence electrons. The van der Waals surface area contributed by atoms with Crippen molar-refractivity contribution in [2.75, 3.05) is 0 Å². The first kappa shape index (κ1) is 9.31. The van der Waals surface area contributed by atoms with Crippen molar-refractivity contribution >= 4 is 0 Å². The van der Waals surface area contributed by atoms with E-state index < -0.39 is 11.2 Å². The van der Waals surface area contributed by atoms with Crippen molar-refractivity contribution in [3.05, 3.63) is 39.1 Å². The van der Waals surface area contributed by atoms with Gasteiger partial charge in [-0.1, -0.05) is 6.08 Å². The zero-order valence-electron chi connectivity index (χ0n) is 7.20. The average Bonchev–Trinajstić information content (AvgIpc) is 2.09. The van der Waals surface area contributed by atoms with Gasteiger partial charge in [0.2, 0.25) is 5.88 Å². The van der Waals surface area contributed by atoms with Crippen LogP contribution in [0.2, 0.25) is 0 Å². The standard InChI is InChI=1S/C8H10N2O3/c1-3-4-10-7(12)5(2)6(11)9-8(10)13/h3,12H,1,4H2,2H3,(H,9,11,13). The molecule has 0 saturated carbocycles. The number of aromatic nitrogens is 2. The van der Waals surface area contributed by atoms with Crippen LogP contribution in [0.1, 0.15) is 5.56 Å². The van der Waals surface area contributed by atoms with E-state index in [0.29, 0.717) is 0 Å². The average molecular weight is 182 g/mol. The third-order valence-electron chi connectivity index (χ3n) is 1.71. The quantitative estimate of drug-likeness (QED) is 0.618. The highest BCUT2D eigenvalue weighted by Gasteiger charge is 2.07. The van der Waals surface area contributed by atoms with Crippen molar-refractivity contribution in [2.24, 2.45) is 0 Å². The molecule has 0 aromatic carbocycles. The van der Waals surface area contributed by atoms with Crippen LogP contribution in [-0.2, 0) is 6.54 Å². The van der Waals surface area contributed by atoms with E-state index >= 15 is 0 Å². The van der Waals surface area contributed by atoms with Gasteiger partial charge < -0.3 is 5.11 Å². The van der Waals surface area contributed by atoms with E-state index in [9.17, 15) is 14.7 Å². The normalized spacial score (nSPS) is 9.92. The Balaban J connectivity index is 3.53. The zero-order valence-corrected chi connectivity index (χ0v) is 7.20. The Hall–Kier alpha value is -1.78. The number of aromatic hydroxyl groups is 1. The fraction of sp³-hybridized carbons (Fsp3) is 0.250. The Bertz CT molecular complexity index is 442. The number of hydrogen-bond donors (Lipinski definition) is 2. The molecule has 0 amide bonds. The summed E-state index contributed by atoms with van der Waals surface area (Å²) in [6, 6.07) is 0. The van der Waals surface area contributed by atoms with Crippen LogP contribution in [0.4, 0.5) is 0 Å². The molecule has 5 heteroatoms. The van der Waals surface area contributed by atoms with Crippen molar-refractivity contribution < 1.29 is 5.11 Å². The molecule has 0 aliphatic rings. The first-order valence-electron chi connectivity index (χ1n) is 3.71. The first-order valence-corrected chi connectivity index (χ1v) is 3.71. The highest BCUT2D eigenvalue weighted by Crippen LogP contribution is 2.06. The molecule has 0 atom stereocenters. The van der Waals surface area contributed by atoms with E-state index in [1.54, 1.807) is 0 Å². The number of aromatic amines is 1. The lowest BCUT2D eigenvalue weighted by atomic mass is 10.3. The van der Waals surface area contributed by atoms with Crippen molar-refractivity contribution in [1.82, 2.24) is 9.55 Å². The summed E-state index contributed by atoms with van der Waals surface area (Å²) >= 11 is 0. The summed E-state index contributed by atoms with van der Waals surface area (Å²) < 4.78 is 1.03.